The Morgan fingerprint density at radius 1 is 0.923 bits per heavy atom. The lowest BCUT2D eigenvalue weighted by Gasteiger charge is -2.07. The Kier molecular flexibility index (Phi) is 5.36. The standard InChI is InChI=1S/C19H15IN2O4/c1-25-18(23)15-16(12-8-10-13(20)11-9-12)21-22(17(15)19(24)26-2)14-6-4-3-5-7-14/h3-11H,1-2H3. The number of hydrogen-bond donors (Lipinski definition) is 0. The normalized spacial score (nSPS) is 10.4. The van der Waals surface area contributed by atoms with Crippen molar-refractivity contribution in [2.24, 2.45) is 0 Å². The second-order valence-electron chi connectivity index (χ2n) is 5.31. The van der Waals surface area contributed by atoms with Crippen LogP contribution in [0.5, 0.6) is 0 Å². The van der Waals surface area contributed by atoms with Crippen LogP contribution in [0.2, 0.25) is 0 Å². The summed E-state index contributed by atoms with van der Waals surface area (Å²) in [6, 6.07) is 16.6. The van der Waals surface area contributed by atoms with Gasteiger partial charge in [0.2, 0.25) is 0 Å². The first-order chi connectivity index (χ1) is 12.6. The van der Waals surface area contributed by atoms with Crippen LogP contribution >= 0.6 is 22.6 Å². The predicted molar refractivity (Wildman–Crippen MR) is 104 cm³/mol. The molecule has 2 aromatic carbocycles. The Bertz CT molecular complexity index is 950. The van der Waals surface area contributed by atoms with E-state index in [1.807, 2.05) is 42.5 Å². The first kappa shape index (κ1) is 18.1. The molecule has 0 aliphatic rings. The zero-order valence-electron chi connectivity index (χ0n) is 14.1. The second kappa shape index (κ2) is 7.69. The van der Waals surface area contributed by atoms with E-state index in [-0.39, 0.29) is 11.3 Å². The summed E-state index contributed by atoms with van der Waals surface area (Å²) in [5, 5.41) is 4.53. The number of carbonyl (C=O) groups is 2. The number of esters is 2. The van der Waals surface area contributed by atoms with Crippen molar-refractivity contribution in [3.8, 4) is 16.9 Å². The zero-order valence-corrected chi connectivity index (χ0v) is 16.3. The second-order valence-corrected chi connectivity index (χ2v) is 6.56. The van der Waals surface area contributed by atoms with Crippen molar-refractivity contribution in [1.29, 1.82) is 0 Å². The summed E-state index contributed by atoms with van der Waals surface area (Å²) in [6.45, 7) is 0. The minimum absolute atomic E-state index is 0.0269. The lowest BCUT2D eigenvalue weighted by Crippen LogP contribution is -2.15. The van der Waals surface area contributed by atoms with E-state index in [2.05, 4.69) is 27.7 Å². The molecule has 0 saturated heterocycles. The number of benzene rings is 2. The summed E-state index contributed by atoms with van der Waals surface area (Å²) in [4.78, 5) is 24.9. The number of halogens is 1. The SMILES string of the molecule is COC(=O)c1c(-c2ccc(I)cc2)nn(-c2ccccc2)c1C(=O)OC. The van der Waals surface area contributed by atoms with Crippen molar-refractivity contribution in [2.75, 3.05) is 14.2 Å². The Labute approximate surface area is 163 Å². The van der Waals surface area contributed by atoms with Gasteiger partial charge in [0.1, 0.15) is 11.3 Å². The van der Waals surface area contributed by atoms with E-state index >= 15 is 0 Å². The minimum Gasteiger partial charge on any atom is -0.465 e. The number of aromatic nitrogens is 2. The highest BCUT2D eigenvalue weighted by atomic mass is 127. The first-order valence-electron chi connectivity index (χ1n) is 7.67. The van der Waals surface area contributed by atoms with Crippen molar-refractivity contribution in [2.45, 2.75) is 0 Å². The van der Waals surface area contributed by atoms with Gasteiger partial charge in [0, 0.05) is 9.13 Å². The van der Waals surface area contributed by atoms with Crippen LogP contribution < -0.4 is 0 Å². The summed E-state index contributed by atoms with van der Waals surface area (Å²) in [5.41, 5.74) is 1.79. The number of rotatable bonds is 4. The quantitative estimate of drug-likeness (QED) is 0.437. The van der Waals surface area contributed by atoms with E-state index < -0.39 is 11.9 Å². The van der Waals surface area contributed by atoms with Gasteiger partial charge < -0.3 is 9.47 Å². The fourth-order valence-corrected chi connectivity index (χ4v) is 2.92. The summed E-state index contributed by atoms with van der Waals surface area (Å²) >= 11 is 2.19. The molecule has 3 rings (SSSR count). The van der Waals surface area contributed by atoms with Crippen molar-refractivity contribution in [3.63, 3.8) is 0 Å². The lowest BCUT2D eigenvalue weighted by molar-refractivity contribution is 0.0549. The summed E-state index contributed by atoms with van der Waals surface area (Å²) < 4.78 is 12.2. The molecule has 0 aliphatic heterocycles. The highest BCUT2D eigenvalue weighted by Gasteiger charge is 2.31. The summed E-state index contributed by atoms with van der Waals surface area (Å²) in [5.74, 6) is -1.32. The van der Waals surface area contributed by atoms with Crippen LogP contribution in [0.25, 0.3) is 16.9 Å². The monoisotopic (exact) mass is 462 g/mol. The predicted octanol–water partition coefficient (Wildman–Crippen LogP) is 3.72. The summed E-state index contributed by atoms with van der Waals surface area (Å²) in [6.07, 6.45) is 0. The van der Waals surface area contributed by atoms with E-state index in [9.17, 15) is 9.59 Å². The molecule has 0 radical (unpaired) electrons. The molecule has 132 valence electrons. The maximum atomic E-state index is 12.5. The van der Waals surface area contributed by atoms with Crippen molar-refractivity contribution in [3.05, 3.63) is 69.4 Å². The molecule has 6 nitrogen and oxygen atoms in total. The molecule has 0 saturated carbocycles. The number of ether oxygens (including phenoxy) is 2. The van der Waals surface area contributed by atoms with Crippen LogP contribution in [-0.2, 0) is 9.47 Å². The number of hydrogen-bond acceptors (Lipinski definition) is 5. The molecule has 3 aromatic rings. The molecule has 0 fully saturated rings. The summed E-state index contributed by atoms with van der Waals surface area (Å²) in [7, 11) is 2.53. The molecule has 0 bridgehead atoms. The van der Waals surface area contributed by atoms with E-state index in [0.29, 0.717) is 16.9 Å². The Morgan fingerprint density at radius 2 is 1.54 bits per heavy atom. The zero-order chi connectivity index (χ0) is 18.7. The molecule has 1 heterocycles. The minimum atomic E-state index is -0.668. The molecule has 0 unspecified atom stereocenters. The molecular weight excluding hydrogens is 447 g/mol. The molecule has 1 aromatic heterocycles. The molecular formula is C19H15IN2O4. The number of carbonyl (C=O) groups excluding carboxylic acids is 2. The smallest absolute Gasteiger partial charge is 0.357 e. The average molecular weight is 462 g/mol. The first-order valence-corrected chi connectivity index (χ1v) is 8.75. The maximum Gasteiger partial charge on any atom is 0.357 e. The van der Waals surface area contributed by atoms with Crippen LogP contribution in [-0.4, -0.2) is 35.9 Å². The van der Waals surface area contributed by atoms with Gasteiger partial charge in [-0.05, 0) is 46.9 Å². The van der Waals surface area contributed by atoms with Gasteiger partial charge in [-0.25, -0.2) is 14.3 Å². The fraction of sp³-hybridized carbons (Fsp3) is 0.105. The number of methoxy groups -OCH3 is 2. The molecule has 0 spiro atoms. The van der Waals surface area contributed by atoms with E-state index in [1.54, 1.807) is 12.1 Å². The van der Waals surface area contributed by atoms with Crippen LogP contribution in [0, 0.1) is 3.57 Å². The topological polar surface area (TPSA) is 70.4 Å². The third-order valence-electron chi connectivity index (χ3n) is 3.77. The van der Waals surface area contributed by atoms with Crippen LogP contribution in [0.3, 0.4) is 0 Å². The largest absolute Gasteiger partial charge is 0.465 e. The molecule has 0 N–H and O–H groups in total. The third kappa shape index (κ3) is 3.34. The maximum absolute atomic E-state index is 12.5. The highest BCUT2D eigenvalue weighted by molar-refractivity contribution is 14.1. The van der Waals surface area contributed by atoms with Gasteiger partial charge in [-0.15, -0.1) is 0 Å². The fourth-order valence-electron chi connectivity index (χ4n) is 2.56. The molecule has 7 heteroatoms. The van der Waals surface area contributed by atoms with Crippen molar-refractivity contribution < 1.29 is 19.1 Å². The lowest BCUT2D eigenvalue weighted by atomic mass is 10.1. The van der Waals surface area contributed by atoms with E-state index in [0.717, 1.165) is 3.57 Å². The van der Waals surface area contributed by atoms with Crippen LogP contribution in [0.1, 0.15) is 20.8 Å². The number of para-hydroxylation sites is 1. The van der Waals surface area contributed by atoms with Gasteiger partial charge in [0.25, 0.3) is 0 Å². The highest BCUT2D eigenvalue weighted by Crippen LogP contribution is 2.29. The van der Waals surface area contributed by atoms with E-state index in [4.69, 9.17) is 9.47 Å². The number of nitrogens with zero attached hydrogens (tertiary/aromatic N) is 2. The van der Waals surface area contributed by atoms with Gasteiger partial charge in [-0.1, -0.05) is 30.3 Å². The van der Waals surface area contributed by atoms with Gasteiger partial charge >= 0.3 is 11.9 Å². The van der Waals surface area contributed by atoms with Crippen LogP contribution in [0.4, 0.5) is 0 Å². The van der Waals surface area contributed by atoms with Gasteiger partial charge in [0.15, 0.2) is 5.69 Å². The van der Waals surface area contributed by atoms with Crippen molar-refractivity contribution in [1.82, 2.24) is 9.78 Å². The molecule has 0 amide bonds. The average Bonchev–Trinajstić information content (AvgIpc) is 3.08. The van der Waals surface area contributed by atoms with Gasteiger partial charge in [0.05, 0.1) is 19.9 Å². The molecule has 26 heavy (non-hydrogen) atoms. The third-order valence-corrected chi connectivity index (χ3v) is 4.49. The van der Waals surface area contributed by atoms with Crippen molar-refractivity contribution >= 4 is 34.5 Å². The van der Waals surface area contributed by atoms with Gasteiger partial charge in [-0.2, -0.15) is 5.10 Å². The Hall–Kier alpha value is -2.68. The Balaban J connectivity index is 2.33. The van der Waals surface area contributed by atoms with E-state index in [1.165, 1.54) is 18.9 Å². The molecule has 0 atom stereocenters. The Morgan fingerprint density at radius 3 is 2.12 bits per heavy atom. The van der Waals surface area contributed by atoms with Gasteiger partial charge in [-0.3, -0.25) is 0 Å². The molecule has 0 aliphatic carbocycles. The van der Waals surface area contributed by atoms with Crippen LogP contribution in [0.15, 0.2) is 54.6 Å².